The summed E-state index contributed by atoms with van der Waals surface area (Å²) in [6, 6.07) is 3.24. The van der Waals surface area contributed by atoms with Gasteiger partial charge in [-0.05, 0) is 37.8 Å². The maximum absolute atomic E-state index is 12.9. The first-order chi connectivity index (χ1) is 12.0. The van der Waals surface area contributed by atoms with Crippen LogP contribution in [0.1, 0.15) is 58.6 Å². The van der Waals surface area contributed by atoms with E-state index in [2.05, 4.69) is 22.1 Å². The zero-order valence-corrected chi connectivity index (χ0v) is 14.4. The molecule has 1 atom stereocenters. The second kappa shape index (κ2) is 6.93. The minimum atomic E-state index is -0.460. The molecule has 7 nitrogen and oxygen atoms in total. The van der Waals surface area contributed by atoms with Crippen LogP contribution < -0.4 is 5.56 Å². The van der Waals surface area contributed by atoms with Crippen LogP contribution in [0.5, 0.6) is 0 Å². The molecule has 1 amide bonds. The number of hydrogen-bond acceptors (Lipinski definition) is 4. The molecule has 0 aromatic carbocycles. The van der Waals surface area contributed by atoms with Crippen molar-refractivity contribution >= 4 is 5.91 Å². The molecule has 130 valence electrons. The number of H-pyrrole nitrogens is 2. The van der Waals surface area contributed by atoms with E-state index in [1.807, 2.05) is 12.3 Å². The third kappa shape index (κ3) is 3.20. The summed E-state index contributed by atoms with van der Waals surface area (Å²) in [5.41, 5.74) is 2.67. The van der Waals surface area contributed by atoms with E-state index in [9.17, 15) is 9.59 Å². The van der Waals surface area contributed by atoms with Crippen LogP contribution >= 0.6 is 0 Å². The summed E-state index contributed by atoms with van der Waals surface area (Å²) in [6.07, 6.45) is 4.67. The summed E-state index contributed by atoms with van der Waals surface area (Å²) in [5.74, 6) is 0.0844. The second-order valence-electron chi connectivity index (χ2n) is 6.42. The second-order valence-corrected chi connectivity index (χ2v) is 6.42. The summed E-state index contributed by atoms with van der Waals surface area (Å²) in [4.78, 5) is 29.0. The lowest BCUT2D eigenvalue weighted by molar-refractivity contribution is 0.0704. The zero-order valence-electron chi connectivity index (χ0n) is 14.4. The molecule has 3 rings (SSSR count). The minimum Gasteiger partial charge on any atom is -0.338 e. The van der Waals surface area contributed by atoms with Gasteiger partial charge in [-0.3, -0.25) is 14.7 Å². The van der Waals surface area contributed by atoms with Crippen LogP contribution in [-0.2, 0) is 6.42 Å². The molecule has 0 spiro atoms. The number of nitriles is 1. The van der Waals surface area contributed by atoms with Crippen molar-refractivity contribution in [3.05, 3.63) is 50.7 Å². The third-order valence-electron chi connectivity index (χ3n) is 4.84. The van der Waals surface area contributed by atoms with E-state index >= 15 is 0 Å². The number of likely N-dealkylation sites (tertiary alicyclic amines) is 1. The SMILES string of the molecule is CCc1cn[nH]c1C1CCCN(C(=O)c2cc(C#N)c(=O)[nH]c2C)C1. The number of nitrogens with zero attached hydrogens (tertiary/aromatic N) is 3. The number of aryl methyl sites for hydroxylation is 2. The number of pyridine rings is 1. The van der Waals surface area contributed by atoms with Crippen molar-refractivity contribution in [2.75, 3.05) is 13.1 Å². The molecule has 0 radical (unpaired) electrons. The van der Waals surface area contributed by atoms with Crippen LogP contribution in [0, 0.1) is 18.3 Å². The van der Waals surface area contributed by atoms with E-state index in [-0.39, 0.29) is 17.4 Å². The van der Waals surface area contributed by atoms with Gasteiger partial charge >= 0.3 is 0 Å². The number of carbonyl (C=O) groups excluding carboxylic acids is 1. The lowest BCUT2D eigenvalue weighted by atomic mass is 9.91. The van der Waals surface area contributed by atoms with Gasteiger partial charge in [0.15, 0.2) is 0 Å². The Kier molecular flexibility index (Phi) is 4.70. The Morgan fingerprint density at radius 1 is 1.52 bits per heavy atom. The van der Waals surface area contributed by atoms with Crippen LogP contribution in [-0.4, -0.2) is 39.1 Å². The third-order valence-corrected chi connectivity index (χ3v) is 4.84. The van der Waals surface area contributed by atoms with E-state index in [1.54, 1.807) is 11.8 Å². The van der Waals surface area contributed by atoms with Gasteiger partial charge in [-0.15, -0.1) is 0 Å². The summed E-state index contributed by atoms with van der Waals surface area (Å²) in [5, 5.41) is 16.3. The maximum Gasteiger partial charge on any atom is 0.266 e. The van der Waals surface area contributed by atoms with Crippen LogP contribution in [0.2, 0.25) is 0 Å². The number of rotatable bonds is 3. The smallest absolute Gasteiger partial charge is 0.266 e. The molecule has 2 N–H and O–H groups in total. The van der Waals surface area contributed by atoms with Crippen molar-refractivity contribution in [2.45, 2.75) is 39.0 Å². The first-order valence-electron chi connectivity index (χ1n) is 8.50. The van der Waals surface area contributed by atoms with Gasteiger partial charge in [-0.2, -0.15) is 10.4 Å². The van der Waals surface area contributed by atoms with Gasteiger partial charge in [0.1, 0.15) is 11.6 Å². The zero-order chi connectivity index (χ0) is 18.0. The van der Waals surface area contributed by atoms with E-state index in [0.29, 0.717) is 24.3 Å². The molecule has 7 heteroatoms. The number of nitrogens with one attached hydrogen (secondary N) is 2. The standard InChI is InChI=1S/C18H21N5O2/c1-3-12-9-20-22-16(12)13-5-4-6-23(10-13)18(25)15-7-14(8-19)17(24)21-11(15)2/h7,9,13H,3-6,10H2,1-2H3,(H,20,22)(H,21,24). The molecule has 1 saturated heterocycles. The van der Waals surface area contributed by atoms with E-state index in [0.717, 1.165) is 25.0 Å². The predicted octanol–water partition coefficient (Wildman–Crippen LogP) is 1.86. The number of carbonyl (C=O) groups is 1. The minimum absolute atomic E-state index is 0.0376. The van der Waals surface area contributed by atoms with E-state index in [4.69, 9.17) is 5.26 Å². The molecule has 1 unspecified atom stereocenters. The number of hydrogen-bond donors (Lipinski definition) is 2. The van der Waals surface area contributed by atoms with Gasteiger partial charge in [0.05, 0.1) is 11.8 Å². The number of aromatic amines is 2. The molecule has 1 aliphatic rings. The molecule has 2 aromatic rings. The Labute approximate surface area is 145 Å². The molecular weight excluding hydrogens is 318 g/mol. The monoisotopic (exact) mass is 339 g/mol. The molecule has 2 aromatic heterocycles. The highest BCUT2D eigenvalue weighted by Gasteiger charge is 2.28. The highest BCUT2D eigenvalue weighted by Crippen LogP contribution is 2.29. The lowest BCUT2D eigenvalue weighted by Gasteiger charge is -2.33. The highest BCUT2D eigenvalue weighted by atomic mass is 16.2. The van der Waals surface area contributed by atoms with Crippen LogP contribution in [0.4, 0.5) is 0 Å². The fourth-order valence-electron chi connectivity index (χ4n) is 3.45. The Bertz CT molecular complexity index is 890. The largest absolute Gasteiger partial charge is 0.338 e. The Morgan fingerprint density at radius 2 is 2.32 bits per heavy atom. The molecule has 0 aliphatic carbocycles. The van der Waals surface area contributed by atoms with E-state index in [1.165, 1.54) is 11.6 Å². The highest BCUT2D eigenvalue weighted by molar-refractivity contribution is 5.95. The molecule has 1 fully saturated rings. The molecule has 3 heterocycles. The Hall–Kier alpha value is -2.88. The lowest BCUT2D eigenvalue weighted by Crippen LogP contribution is -2.40. The van der Waals surface area contributed by atoms with Crippen LogP contribution in [0.25, 0.3) is 0 Å². The summed E-state index contributed by atoms with van der Waals surface area (Å²) in [7, 11) is 0. The molecule has 25 heavy (non-hydrogen) atoms. The topological polar surface area (TPSA) is 106 Å². The molecule has 1 aliphatic heterocycles. The molecule has 0 bridgehead atoms. The molecular formula is C18H21N5O2. The number of aromatic nitrogens is 3. The first kappa shape index (κ1) is 17.0. The van der Waals surface area contributed by atoms with Gasteiger partial charge in [0.2, 0.25) is 0 Å². The molecule has 0 saturated carbocycles. The first-order valence-corrected chi connectivity index (χ1v) is 8.50. The van der Waals surface area contributed by atoms with E-state index < -0.39 is 5.56 Å². The van der Waals surface area contributed by atoms with Crippen LogP contribution in [0.3, 0.4) is 0 Å². The van der Waals surface area contributed by atoms with Gasteiger partial charge in [-0.1, -0.05) is 6.92 Å². The average Bonchev–Trinajstić information content (AvgIpc) is 3.10. The van der Waals surface area contributed by atoms with Crippen LogP contribution in [0.15, 0.2) is 17.1 Å². The average molecular weight is 339 g/mol. The summed E-state index contributed by atoms with van der Waals surface area (Å²) in [6.45, 7) is 5.05. The Morgan fingerprint density at radius 3 is 3.04 bits per heavy atom. The fourth-order valence-corrected chi connectivity index (χ4v) is 3.45. The summed E-state index contributed by atoms with van der Waals surface area (Å²) >= 11 is 0. The normalized spacial score (nSPS) is 17.3. The van der Waals surface area contributed by atoms with Crippen molar-refractivity contribution in [2.24, 2.45) is 0 Å². The summed E-state index contributed by atoms with van der Waals surface area (Å²) < 4.78 is 0. The predicted molar refractivity (Wildman–Crippen MR) is 92.4 cm³/mol. The quantitative estimate of drug-likeness (QED) is 0.890. The maximum atomic E-state index is 12.9. The van der Waals surface area contributed by atoms with Crippen molar-refractivity contribution in [1.82, 2.24) is 20.1 Å². The number of piperidine rings is 1. The fraction of sp³-hybridized carbons (Fsp3) is 0.444. The van der Waals surface area contributed by atoms with Crippen molar-refractivity contribution < 1.29 is 4.79 Å². The van der Waals surface area contributed by atoms with Crippen molar-refractivity contribution in [3.63, 3.8) is 0 Å². The number of amides is 1. The van der Waals surface area contributed by atoms with Gasteiger partial charge in [-0.25, -0.2) is 0 Å². The Balaban J connectivity index is 1.86. The van der Waals surface area contributed by atoms with Gasteiger partial charge in [0, 0.05) is 30.4 Å². The van der Waals surface area contributed by atoms with Crippen molar-refractivity contribution in [3.8, 4) is 6.07 Å². The van der Waals surface area contributed by atoms with Gasteiger partial charge in [0.25, 0.3) is 11.5 Å². The van der Waals surface area contributed by atoms with Gasteiger partial charge < -0.3 is 9.88 Å². The van der Waals surface area contributed by atoms with Crippen molar-refractivity contribution in [1.29, 1.82) is 5.26 Å².